The zero-order valence-electron chi connectivity index (χ0n) is 23.4. The molecule has 214 valence electrons. The maximum atomic E-state index is 13.6. The first-order valence-electron chi connectivity index (χ1n) is 13.2. The van der Waals surface area contributed by atoms with Crippen LogP contribution in [0.25, 0.3) is 0 Å². The van der Waals surface area contributed by atoms with Gasteiger partial charge in [0.15, 0.2) is 0 Å². The fourth-order valence-electron chi connectivity index (χ4n) is 4.34. The molecule has 2 N–H and O–H groups in total. The number of nitrogens with zero attached hydrogens (tertiary/aromatic N) is 3. The van der Waals surface area contributed by atoms with Gasteiger partial charge in [-0.3, -0.25) is 4.79 Å². The van der Waals surface area contributed by atoms with Crippen molar-refractivity contribution in [1.29, 1.82) is 0 Å². The summed E-state index contributed by atoms with van der Waals surface area (Å²) in [6, 6.07) is 13.6. The van der Waals surface area contributed by atoms with Crippen LogP contribution in [-0.2, 0) is 0 Å². The minimum absolute atomic E-state index is 0.121. The maximum Gasteiger partial charge on any atom is 0.321 e. The minimum Gasteiger partial charge on any atom is -0.497 e. The van der Waals surface area contributed by atoms with Crippen LogP contribution >= 0.6 is 0 Å². The van der Waals surface area contributed by atoms with E-state index in [-0.39, 0.29) is 48.3 Å². The van der Waals surface area contributed by atoms with Crippen molar-refractivity contribution in [2.45, 2.75) is 26.0 Å². The van der Waals surface area contributed by atoms with E-state index in [4.69, 9.17) is 9.47 Å². The zero-order valence-corrected chi connectivity index (χ0v) is 23.4. The smallest absolute Gasteiger partial charge is 0.321 e. The topological polar surface area (TPSA) is 104 Å². The van der Waals surface area contributed by atoms with Crippen LogP contribution in [0.2, 0.25) is 0 Å². The molecule has 0 radical (unpaired) electrons. The van der Waals surface area contributed by atoms with Crippen LogP contribution in [0.3, 0.4) is 0 Å². The molecule has 0 unspecified atom stereocenters. The molecule has 3 amide bonds. The molecule has 1 aliphatic rings. The lowest BCUT2D eigenvalue weighted by Crippen LogP contribution is -2.50. The van der Waals surface area contributed by atoms with Gasteiger partial charge in [-0.2, -0.15) is 0 Å². The van der Waals surface area contributed by atoms with Gasteiger partial charge in [0.1, 0.15) is 23.2 Å². The summed E-state index contributed by atoms with van der Waals surface area (Å²) in [6.07, 6.45) is 0.991. The van der Waals surface area contributed by atoms with Gasteiger partial charge in [0.25, 0.3) is 5.91 Å². The van der Waals surface area contributed by atoms with Crippen molar-refractivity contribution in [3.05, 3.63) is 83.3 Å². The third-order valence-corrected chi connectivity index (χ3v) is 6.84. The molecule has 9 nitrogen and oxygen atoms in total. The lowest BCUT2D eigenvalue weighted by Gasteiger charge is -2.37. The molecule has 3 atom stereocenters. The number of carbonyl (C=O) groups excluding carboxylic acids is 2. The summed E-state index contributed by atoms with van der Waals surface area (Å²) in [7, 11) is 3.21. The van der Waals surface area contributed by atoms with Crippen molar-refractivity contribution in [3.63, 3.8) is 0 Å². The first-order valence-corrected chi connectivity index (χ1v) is 13.2. The van der Waals surface area contributed by atoms with Gasteiger partial charge in [-0.1, -0.05) is 24.8 Å². The van der Waals surface area contributed by atoms with E-state index in [0.717, 1.165) is 0 Å². The molecule has 0 bridgehead atoms. The number of urea groups is 1. The van der Waals surface area contributed by atoms with E-state index in [1.54, 1.807) is 68.4 Å². The second-order valence-corrected chi connectivity index (χ2v) is 10.00. The lowest BCUT2D eigenvalue weighted by molar-refractivity contribution is 0.0356. The van der Waals surface area contributed by atoms with Crippen LogP contribution in [-0.4, -0.2) is 77.8 Å². The lowest BCUT2D eigenvalue weighted by atomic mass is 10.00. The molecule has 2 heterocycles. The van der Waals surface area contributed by atoms with Crippen LogP contribution in [0.4, 0.5) is 14.9 Å². The molecule has 4 rings (SSSR count). The second-order valence-electron chi connectivity index (χ2n) is 10.00. The van der Waals surface area contributed by atoms with E-state index in [1.807, 2.05) is 6.92 Å². The summed E-state index contributed by atoms with van der Waals surface area (Å²) in [5.41, 5.74) is 1.88. The maximum absolute atomic E-state index is 13.6. The van der Waals surface area contributed by atoms with E-state index < -0.39 is 12.1 Å². The summed E-state index contributed by atoms with van der Waals surface area (Å²) in [5.74, 6) is 5.75. The van der Waals surface area contributed by atoms with Crippen LogP contribution < -0.4 is 14.8 Å². The summed E-state index contributed by atoms with van der Waals surface area (Å²) in [4.78, 5) is 34.1. The minimum atomic E-state index is -0.514. The third kappa shape index (κ3) is 7.32. The fourth-order valence-corrected chi connectivity index (χ4v) is 4.34. The van der Waals surface area contributed by atoms with Crippen molar-refractivity contribution in [2.75, 3.05) is 39.2 Å². The highest BCUT2D eigenvalue weighted by Gasteiger charge is 2.34. The number of fused-ring (bicyclic) bond motifs is 1. The average molecular weight is 561 g/mol. The van der Waals surface area contributed by atoms with Gasteiger partial charge in [0, 0.05) is 48.6 Å². The number of likely N-dealkylation sites (N-methyl/N-ethyl adjacent to an activating group) is 1. The molecule has 41 heavy (non-hydrogen) atoms. The quantitative estimate of drug-likeness (QED) is 0.442. The number of amides is 3. The van der Waals surface area contributed by atoms with E-state index in [2.05, 4.69) is 22.1 Å². The van der Waals surface area contributed by atoms with E-state index >= 15 is 0 Å². The largest absolute Gasteiger partial charge is 0.497 e. The van der Waals surface area contributed by atoms with Gasteiger partial charge in [-0.15, -0.1) is 0 Å². The predicted molar refractivity (Wildman–Crippen MR) is 152 cm³/mol. The van der Waals surface area contributed by atoms with Gasteiger partial charge >= 0.3 is 6.03 Å². The Morgan fingerprint density at radius 1 is 1.24 bits per heavy atom. The van der Waals surface area contributed by atoms with Crippen molar-refractivity contribution in [2.24, 2.45) is 5.92 Å². The highest BCUT2D eigenvalue weighted by molar-refractivity contribution is 5.97. The Hall–Kier alpha value is -4.62. The number of pyridine rings is 1. The summed E-state index contributed by atoms with van der Waals surface area (Å²) in [6.45, 7) is 3.97. The zero-order chi connectivity index (χ0) is 29.5. The van der Waals surface area contributed by atoms with Crippen molar-refractivity contribution >= 4 is 17.6 Å². The molecule has 0 saturated carbocycles. The number of aliphatic hydroxyl groups is 1. The number of hydrogen-bond donors (Lipinski definition) is 2. The number of hydrogen-bond acceptors (Lipinski definition) is 6. The molecule has 0 aliphatic carbocycles. The molecule has 0 spiro atoms. The Bertz CT molecular complexity index is 1450. The number of aliphatic hydroxyl groups excluding tert-OH is 1. The molecule has 0 fully saturated rings. The van der Waals surface area contributed by atoms with Gasteiger partial charge in [0.05, 0.1) is 26.3 Å². The van der Waals surface area contributed by atoms with Crippen LogP contribution in [0.1, 0.15) is 35.3 Å². The molecule has 2 aromatic carbocycles. The molecule has 0 saturated heterocycles. The number of nitrogens with one attached hydrogen (secondary N) is 1. The van der Waals surface area contributed by atoms with Crippen molar-refractivity contribution in [1.82, 2.24) is 14.8 Å². The SMILES string of the molecule is COc1cccc(NC(=O)N(C)C[C@@H]2Oc3ncc(C#Cc4ccc(F)cc4)cc3C(=O)N([C@@H](C)CO)C[C@@H]2C)c1. The Kier molecular flexibility index (Phi) is 9.42. The number of methoxy groups -OCH3 is 1. The summed E-state index contributed by atoms with van der Waals surface area (Å²) in [5, 5.41) is 12.7. The Morgan fingerprint density at radius 2 is 1.98 bits per heavy atom. The van der Waals surface area contributed by atoms with Gasteiger partial charge in [-0.05, 0) is 49.4 Å². The molecular weight excluding hydrogens is 527 g/mol. The number of halogens is 1. The standard InChI is InChI=1S/C31H33FN4O5/c1-20-17-36(21(2)19-37)30(38)27-14-23(9-8-22-10-12-24(32)13-11-22)16-33-29(27)41-28(20)18-35(3)31(39)34-25-6-5-7-26(15-25)40-4/h5-7,10-16,20-21,28,37H,17-19H2,1-4H3,(H,34,39)/t20-,21-,28-/m0/s1. The van der Waals surface area contributed by atoms with E-state index in [1.165, 1.54) is 23.2 Å². The predicted octanol–water partition coefficient (Wildman–Crippen LogP) is 4.01. The molecule has 1 aromatic heterocycles. The van der Waals surface area contributed by atoms with Gasteiger partial charge in [0.2, 0.25) is 5.88 Å². The summed E-state index contributed by atoms with van der Waals surface area (Å²) >= 11 is 0. The van der Waals surface area contributed by atoms with Crippen molar-refractivity contribution in [3.8, 4) is 23.5 Å². The molecule has 3 aromatic rings. The number of carbonyl (C=O) groups is 2. The number of ether oxygens (including phenoxy) is 2. The number of rotatable bonds is 6. The Labute approximate surface area is 238 Å². The first kappa shape index (κ1) is 29.4. The van der Waals surface area contributed by atoms with Gasteiger partial charge < -0.3 is 29.7 Å². The van der Waals surface area contributed by atoms with Crippen LogP contribution in [0.5, 0.6) is 11.6 Å². The van der Waals surface area contributed by atoms with Gasteiger partial charge in [-0.25, -0.2) is 14.2 Å². The number of benzene rings is 2. The van der Waals surface area contributed by atoms with E-state index in [0.29, 0.717) is 29.1 Å². The molecule has 1 aliphatic heterocycles. The van der Waals surface area contributed by atoms with Crippen molar-refractivity contribution < 1.29 is 28.6 Å². The molecular formula is C31H33FN4O5. The highest BCUT2D eigenvalue weighted by atomic mass is 19.1. The Morgan fingerprint density at radius 3 is 2.68 bits per heavy atom. The monoisotopic (exact) mass is 560 g/mol. The van der Waals surface area contributed by atoms with Crippen LogP contribution in [0.15, 0.2) is 60.8 Å². The summed E-state index contributed by atoms with van der Waals surface area (Å²) < 4.78 is 24.7. The normalized spacial score (nSPS) is 17.1. The molecule has 10 heteroatoms. The second kappa shape index (κ2) is 13.2. The number of aromatic nitrogens is 1. The first-order chi connectivity index (χ1) is 19.7. The van der Waals surface area contributed by atoms with E-state index in [9.17, 15) is 19.1 Å². The van der Waals surface area contributed by atoms with Crippen LogP contribution in [0, 0.1) is 23.6 Å². The Balaban J connectivity index is 1.59. The highest BCUT2D eigenvalue weighted by Crippen LogP contribution is 2.27. The number of anilines is 1. The third-order valence-electron chi connectivity index (χ3n) is 6.84. The average Bonchev–Trinajstić information content (AvgIpc) is 2.98. The fraction of sp³-hybridized carbons (Fsp3) is 0.323.